The Hall–Kier alpha value is -2.62. The highest BCUT2D eigenvalue weighted by molar-refractivity contribution is 5.99. The van der Waals surface area contributed by atoms with Crippen LogP contribution in [0, 0.1) is 0 Å². The minimum Gasteiger partial charge on any atom is -0.479 e. The fourth-order valence-corrected chi connectivity index (χ4v) is 2.92. The van der Waals surface area contributed by atoms with Crippen molar-refractivity contribution in [3.05, 3.63) is 59.7 Å². The highest BCUT2D eigenvalue weighted by Gasteiger charge is 2.50. The minimum absolute atomic E-state index is 0.376. The van der Waals surface area contributed by atoms with Crippen molar-refractivity contribution in [2.45, 2.75) is 12.5 Å². The van der Waals surface area contributed by atoms with Gasteiger partial charge in [0.15, 0.2) is 5.54 Å². The van der Waals surface area contributed by atoms with E-state index in [9.17, 15) is 14.7 Å². The number of carbonyl (C=O) groups is 2. The summed E-state index contributed by atoms with van der Waals surface area (Å²) < 4.78 is 0. The van der Waals surface area contributed by atoms with Crippen molar-refractivity contribution in [3.8, 4) is 11.1 Å². The number of hydrogen-bond donors (Lipinski definition) is 2. The Balaban J connectivity index is 2.39. The smallest absolute Gasteiger partial charge is 0.338 e. The summed E-state index contributed by atoms with van der Waals surface area (Å²) in [6.07, 6.45) is 0. The van der Waals surface area contributed by atoms with Gasteiger partial charge in [-0.15, -0.1) is 0 Å². The highest BCUT2D eigenvalue weighted by atomic mass is 16.4. The highest BCUT2D eigenvalue weighted by Crippen LogP contribution is 2.47. The Bertz CT molecular complexity index is 676. The van der Waals surface area contributed by atoms with E-state index in [4.69, 9.17) is 0 Å². The van der Waals surface area contributed by atoms with Gasteiger partial charge in [-0.1, -0.05) is 48.5 Å². The Labute approximate surface area is 116 Å². The third-order valence-electron chi connectivity index (χ3n) is 3.64. The molecule has 100 valence electrons. The van der Waals surface area contributed by atoms with E-state index >= 15 is 0 Å². The molecule has 4 nitrogen and oxygen atoms in total. The molecule has 0 spiro atoms. The zero-order chi connectivity index (χ0) is 14.3. The van der Waals surface area contributed by atoms with Gasteiger partial charge in [0.05, 0.1) is 0 Å². The van der Waals surface area contributed by atoms with Gasteiger partial charge >= 0.3 is 5.97 Å². The quantitative estimate of drug-likeness (QED) is 0.876. The van der Waals surface area contributed by atoms with Crippen LogP contribution < -0.4 is 5.32 Å². The number of aliphatic carboxylic acids is 1. The molecule has 0 atom stereocenters. The second kappa shape index (κ2) is 4.20. The van der Waals surface area contributed by atoms with Crippen LogP contribution in [0.2, 0.25) is 0 Å². The molecule has 0 heterocycles. The summed E-state index contributed by atoms with van der Waals surface area (Å²) in [5.41, 5.74) is 1.39. The van der Waals surface area contributed by atoms with Crippen molar-refractivity contribution in [2.24, 2.45) is 0 Å². The molecule has 0 saturated heterocycles. The van der Waals surface area contributed by atoms with Crippen molar-refractivity contribution in [1.82, 2.24) is 5.32 Å². The Morgan fingerprint density at radius 2 is 1.40 bits per heavy atom. The molecule has 0 aromatic heterocycles. The van der Waals surface area contributed by atoms with Crippen molar-refractivity contribution >= 4 is 11.9 Å². The van der Waals surface area contributed by atoms with Gasteiger partial charge in [-0.3, -0.25) is 4.79 Å². The molecule has 2 N–H and O–H groups in total. The lowest BCUT2D eigenvalue weighted by atomic mass is 9.87. The van der Waals surface area contributed by atoms with E-state index < -0.39 is 11.5 Å². The third-order valence-corrected chi connectivity index (χ3v) is 3.64. The Morgan fingerprint density at radius 1 is 0.950 bits per heavy atom. The molecule has 4 heteroatoms. The molecule has 3 rings (SSSR count). The van der Waals surface area contributed by atoms with Crippen LogP contribution in [-0.4, -0.2) is 17.0 Å². The van der Waals surface area contributed by atoms with E-state index in [0.29, 0.717) is 11.1 Å². The van der Waals surface area contributed by atoms with Gasteiger partial charge in [-0.2, -0.15) is 0 Å². The molecule has 1 aliphatic carbocycles. The molecule has 1 amide bonds. The number of hydrogen-bond acceptors (Lipinski definition) is 2. The summed E-state index contributed by atoms with van der Waals surface area (Å²) in [6.45, 7) is 1.33. The van der Waals surface area contributed by atoms with Gasteiger partial charge < -0.3 is 10.4 Å². The van der Waals surface area contributed by atoms with Crippen LogP contribution in [0.15, 0.2) is 48.5 Å². The van der Waals surface area contributed by atoms with Crippen LogP contribution in [0.25, 0.3) is 11.1 Å². The summed E-state index contributed by atoms with van der Waals surface area (Å²) in [5.74, 6) is -1.45. The van der Waals surface area contributed by atoms with Gasteiger partial charge in [0, 0.05) is 18.1 Å². The third kappa shape index (κ3) is 1.48. The molecular formula is C16H13NO3. The number of rotatable bonds is 2. The summed E-state index contributed by atoms with van der Waals surface area (Å²) in [6, 6.07) is 14.5. The van der Waals surface area contributed by atoms with Gasteiger partial charge in [-0.25, -0.2) is 4.79 Å². The second-order valence-electron chi connectivity index (χ2n) is 4.83. The van der Waals surface area contributed by atoms with Gasteiger partial charge in [-0.05, 0) is 11.1 Å². The summed E-state index contributed by atoms with van der Waals surface area (Å²) in [7, 11) is 0. The van der Waals surface area contributed by atoms with Crippen LogP contribution in [-0.2, 0) is 15.1 Å². The topological polar surface area (TPSA) is 66.4 Å². The molecule has 0 saturated carbocycles. The predicted molar refractivity (Wildman–Crippen MR) is 74.1 cm³/mol. The van der Waals surface area contributed by atoms with E-state index in [1.165, 1.54) is 6.92 Å². The van der Waals surface area contributed by atoms with Crippen molar-refractivity contribution in [2.75, 3.05) is 0 Å². The maximum atomic E-state index is 12.0. The van der Waals surface area contributed by atoms with E-state index in [1.807, 2.05) is 24.3 Å². The first kappa shape index (κ1) is 12.4. The maximum Gasteiger partial charge on any atom is 0.338 e. The predicted octanol–water partition coefficient (Wildman–Crippen LogP) is 2.13. The van der Waals surface area contributed by atoms with Crippen LogP contribution in [0.1, 0.15) is 18.1 Å². The summed E-state index contributed by atoms with van der Waals surface area (Å²) in [4.78, 5) is 23.5. The maximum absolute atomic E-state index is 12.0. The number of carboxylic acid groups (broad SMARTS) is 1. The van der Waals surface area contributed by atoms with E-state index in [-0.39, 0.29) is 5.91 Å². The van der Waals surface area contributed by atoms with Gasteiger partial charge in [0.1, 0.15) is 0 Å². The molecule has 0 radical (unpaired) electrons. The lowest BCUT2D eigenvalue weighted by Gasteiger charge is -2.27. The largest absolute Gasteiger partial charge is 0.479 e. The van der Waals surface area contributed by atoms with Crippen molar-refractivity contribution < 1.29 is 14.7 Å². The first-order chi connectivity index (χ1) is 9.57. The average Bonchev–Trinajstić information content (AvgIpc) is 2.71. The molecular weight excluding hydrogens is 254 g/mol. The lowest BCUT2D eigenvalue weighted by molar-refractivity contribution is -0.145. The second-order valence-corrected chi connectivity index (χ2v) is 4.83. The van der Waals surface area contributed by atoms with E-state index in [0.717, 1.165) is 11.1 Å². The zero-order valence-corrected chi connectivity index (χ0v) is 10.9. The molecule has 2 aromatic carbocycles. The summed E-state index contributed by atoms with van der Waals surface area (Å²) >= 11 is 0. The molecule has 1 aliphatic rings. The molecule has 0 bridgehead atoms. The number of carboxylic acids is 1. The van der Waals surface area contributed by atoms with Crippen LogP contribution in [0.3, 0.4) is 0 Å². The molecule has 0 aliphatic heterocycles. The monoisotopic (exact) mass is 267 g/mol. The fourth-order valence-electron chi connectivity index (χ4n) is 2.92. The first-order valence-electron chi connectivity index (χ1n) is 6.29. The Kier molecular flexibility index (Phi) is 2.61. The first-order valence-corrected chi connectivity index (χ1v) is 6.29. The molecule has 20 heavy (non-hydrogen) atoms. The number of fused-ring (bicyclic) bond motifs is 3. The van der Waals surface area contributed by atoms with Gasteiger partial charge in [0.2, 0.25) is 5.91 Å². The number of amides is 1. The average molecular weight is 267 g/mol. The van der Waals surface area contributed by atoms with Crippen molar-refractivity contribution in [3.63, 3.8) is 0 Å². The summed E-state index contributed by atoms with van der Waals surface area (Å²) in [5, 5.41) is 12.4. The normalized spacial score (nSPS) is 14.2. The van der Waals surface area contributed by atoms with Crippen LogP contribution >= 0.6 is 0 Å². The molecule has 2 aromatic rings. The van der Waals surface area contributed by atoms with Crippen LogP contribution in [0.5, 0.6) is 0 Å². The lowest BCUT2D eigenvalue weighted by Crippen LogP contribution is -2.50. The fraction of sp³-hybridized carbons (Fsp3) is 0.125. The standard InChI is InChI=1S/C16H13NO3/c1-10(18)17-16(15(19)20)13-8-4-2-6-11(13)12-7-3-5-9-14(12)16/h2-9H,1H3,(H,17,18)(H,19,20). The van der Waals surface area contributed by atoms with Crippen molar-refractivity contribution in [1.29, 1.82) is 0 Å². The zero-order valence-electron chi connectivity index (χ0n) is 10.9. The number of nitrogens with one attached hydrogen (secondary N) is 1. The van der Waals surface area contributed by atoms with E-state index in [2.05, 4.69) is 5.32 Å². The Morgan fingerprint density at radius 3 is 1.80 bits per heavy atom. The molecule has 0 fully saturated rings. The minimum atomic E-state index is -1.50. The van der Waals surface area contributed by atoms with E-state index in [1.54, 1.807) is 24.3 Å². The number of benzene rings is 2. The van der Waals surface area contributed by atoms with Gasteiger partial charge in [0.25, 0.3) is 0 Å². The molecule has 0 unspecified atom stereocenters. The number of carbonyl (C=O) groups excluding carboxylic acids is 1. The SMILES string of the molecule is CC(=O)NC1(C(=O)O)c2ccccc2-c2ccccc21. The van der Waals surface area contributed by atoms with Crippen LogP contribution in [0.4, 0.5) is 0 Å².